The largest absolute Gasteiger partial charge is 0.478 e. The van der Waals surface area contributed by atoms with E-state index in [1.807, 2.05) is 6.07 Å². The molecule has 0 atom stereocenters. The summed E-state index contributed by atoms with van der Waals surface area (Å²) in [5, 5.41) is 17.4. The summed E-state index contributed by atoms with van der Waals surface area (Å²) >= 11 is 0. The summed E-state index contributed by atoms with van der Waals surface area (Å²) in [7, 11) is -4.83. The van der Waals surface area contributed by atoms with Crippen molar-refractivity contribution in [1.82, 2.24) is 0 Å². The Morgan fingerprint density at radius 3 is 2.12 bits per heavy atom. The molecule has 0 unspecified atom stereocenters. The predicted molar refractivity (Wildman–Crippen MR) is 49.0 cm³/mol. The Bertz CT molecular complexity index is 558. The van der Waals surface area contributed by atoms with E-state index in [1.165, 1.54) is 0 Å². The first kappa shape index (κ1) is 12.1. The van der Waals surface area contributed by atoms with E-state index < -0.39 is 38.1 Å². The minimum atomic E-state index is -4.83. The summed E-state index contributed by atoms with van der Waals surface area (Å²) in [6.07, 6.45) is 0. The van der Waals surface area contributed by atoms with E-state index in [4.69, 9.17) is 14.8 Å². The fourth-order valence-electron chi connectivity index (χ4n) is 1.07. The van der Waals surface area contributed by atoms with Gasteiger partial charge in [-0.1, -0.05) is 6.07 Å². The smallest absolute Gasteiger partial charge is 0.338 e. The number of rotatable bonds is 3. The molecule has 0 bridgehead atoms. The molecule has 0 saturated heterocycles. The molecule has 0 saturated carbocycles. The molecular formula is C8H5O7S. The number of carboxylic acids is 2. The normalized spacial score (nSPS) is 11.1. The molecule has 16 heavy (non-hydrogen) atoms. The highest BCUT2D eigenvalue weighted by atomic mass is 32.2. The number of hydrogen-bond donors (Lipinski definition) is 3. The van der Waals surface area contributed by atoms with Gasteiger partial charge in [0.25, 0.3) is 10.1 Å². The van der Waals surface area contributed by atoms with Crippen LogP contribution >= 0.6 is 0 Å². The van der Waals surface area contributed by atoms with Crippen LogP contribution in [0.3, 0.4) is 0 Å². The zero-order chi connectivity index (χ0) is 12.5. The summed E-state index contributed by atoms with van der Waals surface area (Å²) < 4.78 is 30.3. The SMILES string of the molecule is O=C(O)c1cc[c]c(S(=O)(=O)O)c1C(=O)O. The van der Waals surface area contributed by atoms with E-state index in [1.54, 1.807) is 0 Å². The monoisotopic (exact) mass is 245 g/mol. The van der Waals surface area contributed by atoms with Crippen molar-refractivity contribution >= 4 is 22.1 Å². The Labute approximate surface area is 89.7 Å². The van der Waals surface area contributed by atoms with Gasteiger partial charge in [0.2, 0.25) is 0 Å². The third kappa shape index (κ3) is 2.18. The first-order valence-electron chi connectivity index (χ1n) is 3.74. The molecular weight excluding hydrogens is 240 g/mol. The van der Waals surface area contributed by atoms with Gasteiger partial charge in [0.05, 0.1) is 11.1 Å². The molecule has 3 N–H and O–H groups in total. The van der Waals surface area contributed by atoms with Crippen molar-refractivity contribution in [2.45, 2.75) is 4.90 Å². The van der Waals surface area contributed by atoms with E-state index in [9.17, 15) is 18.0 Å². The maximum Gasteiger partial charge on any atom is 0.338 e. The molecule has 7 nitrogen and oxygen atoms in total. The minimum absolute atomic E-state index is 0.737. The van der Waals surface area contributed by atoms with Gasteiger partial charge in [-0.05, 0) is 6.07 Å². The van der Waals surface area contributed by atoms with Gasteiger partial charge in [0, 0.05) is 6.07 Å². The molecule has 1 rings (SSSR count). The van der Waals surface area contributed by atoms with Gasteiger partial charge < -0.3 is 10.2 Å². The number of carbonyl (C=O) groups is 2. The Morgan fingerprint density at radius 2 is 1.75 bits per heavy atom. The van der Waals surface area contributed by atoms with Gasteiger partial charge in [0.15, 0.2) is 0 Å². The van der Waals surface area contributed by atoms with E-state index in [0.29, 0.717) is 0 Å². The lowest BCUT2D eigenvalue weighted by Gasteiger charge is -2.05. The Kier molecular flexibility index (Phi) is 2.97. The zero-order valence-corrected chi connectivity index (χ0v) is 8.35. The van der Waals surface area contributed by atoms with Crippen LogP contribution in [-0.2, 0) is 10.1 Å². The average Bonchev–Trinajstić information content (AvgIpc) is 2.14. The maximum atomic E-state index is 10.8. The van der Waals surface area contributed by atoms with Gasteiger partial charge >= 0.3 is 11.9 Å². The Hall–Kier alpha value is -1.93. The molecule has 0 amide bonds. The molecule has 85 valence electrons. The number of benzene rings is 1. The minimum Gasteiger partial charge on any atom is -0.478 e. The quantitative estimate of drug-likeness (QED) is 0.645. The first-order valence-corrected chi connectivity index (χ1v) is 5.18. The van der Waals surface area contributed by atoms with Crippen LogP contribution < -0.4 is 0 Å². The van der Waals surface area contributed by atoms with Crippen molar-refractivity contribution in [1.29, 1.82) is 0 Å². The summed E-state index contributed by atoms with van der Waals surface area (Å²) in [5.74, 6) is -3.39. The molecule has 0 aliphatic carbocycles. The molecule has 8 heteroatoms. The van der Waals surface area contributed by atoms with Crippen LogP contribution in [0.4, 0.5) is 0 Å². The lowest BCUT2D eigenvalue weighted by Crippen LogP contribution is -2.14. The third-order valence-corrected chi connectivity index (χ3v) is 2.50. The first-order chi connectivity index (χ1) is 7.25. The highest BCUT2D eigenvalue weighted by Gasteiger charge is 2.26. The van der Waals surface area contributed by atoms with Crippen LogP contribution in [0.25, 0.3) is 0 Å². The van der Waals surface area contributed by atoms with Crippen LogP contribution in [0, 0.1) is 6.07 Å². The van der Waals surface area contributed by atoms with Gasteiger partial charge in [0.1, 0.15) is 4.90 Å². The van der Waals surface area contributed by atoms with Crippen LogP contribution in [0.1, 0.15) is 20.7 Å². The second kappa shape index (κ2) is 3.91. The molecule has 1 radical (unpaired) electrons. The standard InChI is InChI=1S/C8H5O7S/c9-7(10)4-2-1-3-5(16(13,14)15)6(4)8(11)12/h1-2H,(H,9,10)(H,11,12)(H,13,14,15). The fourth-order valence-corrected chi connectivity index (χ4v) is 1.74. The average molecular weight is 245 g/mol. The Balaban J connectivity index is 3.72. The van der Waals surface area contributed by atoms with Crippen molar-refractivity contribution in [3.63, 3.8) is 0 Å². The molecule has 0 aromatic heterocycles. The molecule has 0 heterocycles. The topological polar surface area (TPSA) is 129 Å². The molecule has 0 fully saturated rings. The third-order valence-electron chi connectivity index (χ3n) is 1.66. The number of carboxylic acid groups (broad SMARTS) is 2. The summed E-state index contributed by atoms with van der Waals surface area (Å²) in [6.45, 7) is 0. The summed E-state index contributed by atoms with van der Waals surface area (Å²) in [6, 6.07) is 3.75. The highest BCUT2D eigenvalue weighted by molar-refractivity contribution is 7.86. The lowest BCUT2D eigenvalue weighted by atomic mass is 10.1. The van der Waals surface area contributed by atoms with Crippen molar-refractivity contribution in [3.8, 4) is 0 Å². The summed E-state index contributed by atoms with van der Waals surface area (Å²) in [4.78, 5) is 20.3. The van der Waals surface area contributed by atoms with Crippen LogP contribution in [0.2, 0.25) is 0 Å². The van der Waals surface area contributed by atoms with E-state index in [0.717, 1.165) is 12.1 Å². The van der Waals surface area contributed by atoms with Crippen molar-refractivity contribution in [3.05, 3.63) is 29.3 Å². The van der Waals surface area contributed by atoms with E-state index in [-0.39, 0.29) is 0 Å². The van der Waals surface area contributed by atoms with Crippen LogP contribution in [-0.4, -0.2) is 35.1 Å². The maximum absolute atomic E-state index is 10.8. The van der Waals surface area contributed by atoms with Crippen molar-refractivity contribution < 1.29 is 32.8 Å². The summed E-state index contributed by atoms with van der Waals surface area (Å²) in [5.41, 5.74) is -1.75. The second-order valence-electron chi connectivity index (χ2n) is 2.68. The fraction of sp³-hybridized carbons (Fsp3) is 0. The second-order valence-corrected chi connectivity index (χ2v) is 4.04. The van der Waals surface area contributed by atoms with Crippen LogP contribution in [0.15, 0.2) is 17.0 Å². The highest BCUT2D eigenvalue weighted by Crippen LogP contribution is 2.19. The van der Waals surface area contributed by atoms with Gasteiger partial charge in [-0.3, -0.25) is 4.55 Å². The Morgan fingerprint density at radius 1 is 1.19 bits per heavy atom. The van der Waals surface area contributed by atoms with Gasteiger partial charge in [-0.25, -0.2) is 9.59 Å². The van der Waals surface area contributed by atoms with E-state index in [2.05, 4.69) is 0 Å². The van der Waals surface area contributed by atoms with E-state index >= 15 is 0 Å². The lowest BCUT2D eigenvalue weighted by molar-refractivity contribution is 0.0648. The van der Waals surface area contributed by atoms with Crippen molar-refractivity contribution in [2.24, 2.45) is 0 Å². The number of hydrogen-bond acceptors (Lipinski definition) is 4. The zero-order valence-electron chi connectivity index (χ0n) is 7.54. The van der Waals surface area contributed by atoms with Gasteiger partial charge in [-0.2, -0.15) is 8.42 Å². The molecule has 0 aliphatic heterocycles. The molecule has 1 aromatic carbocycles. The number of aromatic carboxylic acids is 2. The molecule has 1 aromatic rings. The molecule has 0 aliphatic rings. The predicted octanol–water partition coefficient (Wildman–Crippen LogP) is 0.130. The van der Waals surface area contributed by atoms with Gasteiger partial charge in [-0.15, -0.1) is 0 Å². The molecule has 0 spiro atoms. The van der Waals surface area contributed by atoms with Crippen LogP contribution in [0.5, 0.6) is 0 Å². The van der Waals surface area contributed by atoms with Crippen molar-refractivity contribution in [2.75, 3.05) is 0 Å².